The van der Waals surface area contributed by atoms with Crippen LogP contribution < -0.4 is 5.32 Å². The van der Waals surface area contributed by atoms with Crippen molar-refractivity contribution in [2.45, 2.75) is 19.4 Å². The third-order valence-corrected chi connectivity index (χ3v) is 4.05. The Hall–Kier alpha value is -2.54. The average molecular weight is 315 g/mol. The Morgan fingerprint density at radius 2 is 1.86 bits per heavy atom. The molecule has 1 aliphatic rings. The molecule has 1 fully saturated rings. The molecule has 0 spiro atoms. The molecule has 0 bridgehead atoms. The van der Waals surface area contributed by atoms with E-state index in [2.05, 4.69) is 10.3 Å². The topological polar surface area (TPSA) is 79.4 Å². The standard InChI is InChI=1S/C15H13N3O3S/c19-12-5-6-13(20)18(12)9-10-1-3-11(4-2-10)14(21)17-15-16-7-8-22-15/h1-4,7-8H,5-6,9H2,(H,16,17,21). The zero-order chi connectivity index (χ0) is 15.5. The molecule has 0 atom stereocenters. The molecule has 2 heterocycles. The van der Waals surface area contributed by atoms with Gasteiger partial charge in [0.25, 0.3) is 5.91 Å². The van der Waals surface area contributed by atoms with Crippen molar-refractivity contribution in [2.24, 2.45) is 0 Å². The first-order chi connectivity index (χ1) is 10.6. The summed E-state index contributed by atoms with van der Waals surface area (Å²) >= 11 is 1.35. The molecular weight excluding hydrogens is 302 g/mol. The molecule has 6 nitrogen and oxygen atoms in total. The van der Waals surface area contributed by atoms with Gasteiger partial charge in [-0.15, -0.1) is 11.3 Å². The second-order valence-corrected chi connectivity index (χ2v) is 5.76. The van der Waals surface area contributed by atoms with Crippen LogP contribution in [0.25, 0.3) is 0 Å². The second kappa shape index (κ2) is 6.07. The monoisotopic (exact) mass is 315 g/mol. The van der Waals surface area contributed by atoms with Gasteiger partial charge in [-0.05, 0) is 17.7 Å². The molecule has 112 valence electrons. The fourth-order valence-corrected chi connectivity index (χ4v) is 2.72. The smallest absolute Gasteiger partial charge is 0.257 e. The summed E-state index contributed by atoms with van der Waals surface area (Å²) in [6, 6.07) is 6.83. The van der Waals surface area contributed by atoms with Crippen LogP contribution >= 0.6 is 11.3 Å². The summed E-state index contributed by atoms with van der Waals surface area (Å²) in [5.74, 6) is -0.527. The fraction of sp³-hybridized carbons (Fsp3) is 0.200. The van der Waals surface area contributed by atoms with Crippen LogP contribution in [0.1, 0.15) is 28.8 Å². The number of amides is 3. The van der Waals surface area contributed by atoms with E-state index in [1.807, 2.05) is 0 Å². The molecule has 22 heavy (non-hydrogen) atoms. The molecule has 3 rings (SSSR count). The number of carbonyl (C=O) groups is 3. The van der Waals surface area contributed by atoms with Gasteiger partial charge in [0.15, 0.2) is 5.13 Å². The number of hydrogen-bond donors (Lipinski definition) is 1. The molecule has 1 N–H and O–H groups in total. The van der Waals surface area contributed by atoms with Crippen molar-refractivity contribution in [3.8, 4) is 0 Å². The molecule has 0 saturated carbocycles. The van der Waals surface area contributed by atoms with Gasteiger partial charge < -0.3 is 0 Å². The number of carbonyl (C=O) groups excluding carboxylic acids is 3. The Labute approximate surface area is 130 Å². The summed E-state index contributed by atoms with van der Waals surface area (Å²) in [5.41, 5.74) is 1.31. The molecule has 1 aromatic carbocycles. The summed E-state index contributed by atoms with van der Waals surface area (Å²) in [6.07, 6.45) is 2.19. The number of nitrogens with one attached hydrogen (secondary N) is 1. The van der Waals surface area contributed by atoms with Crippen molar-refractivity contribution < 1.29 is 14.4 Å². The Kier molecular flexibility index (Phi) is 3.97. The predicted octanol–water partition coefficient (Wildman–Crippen LogP) is 2.04. The molecule has 1 saturated heterocycles. The highest BCUT2D eigenvalue weighted by Crippen LogP contribution is 2.17. The minimum Gasteiger partial charge on any atom is -0.298 e. The summed E-state index contributed by atoms with van der Waals surface area (Å²) in [4.78, 5) is 40.4. The van der Waals surface area contributed by atoms with Crippen molar-refractivity contribution in [1.29, 1.82) is 0 Å². The minimum atomic E-state index is -0.241. The number of imide groups is 1. The SMILES string of the molecule is O=C(Nc1nccs1)c1ccc(CN2C(=O)CCC2=O)cc1. The molecule has 0 unspecified atom stereocenters. The number of hydrogen-bond acceptors (Lipinski definition) is 5. The van der Waals surface area contributed by atoms with E-state index in [0.29, 0.717) is 10.7 Å². The highest BCUT2D eigenvalue weighted by atomic mass is 32.1. The lowest BCUT2D eigenvalue weighted by atomic mass is 10.1. The number of aromatic nitrogens is 1. The van der Waals surface area contributed by atoms with Gasteiger partial charge in [0, 0.05) is 30.0 Å². The number of anilines is 1. The third kappa shape index (κ3) is 3.04. The average Bonchev–Trinajstić information content (AvgIpc) is 3.13. The molecule has 0 aliphatic carbocycles. The van der Waals surface area contributed by atoms with E-state index in [-0.39, 0.29) is 37.1 Å². The summed E-state index contributed by atoms with van der Waals surface area (Å²) in [7, 11) is 0. The molecule has 1 aliphatic heterocycles. The Bertz CT molecular complexity index is 694. The van der Waals surface area contributed by atoms with Crippen LogP contribution in [0.15, 0.2) is 35.8 Å². The maximum Gasteiger partial charge on any atom is 0.257 e. The van der Waals surface area contributed by atoms with Crippen molar-refractivity contribution in [2.75, 3.05) is 5.32 Å². The van der Waals surface area contributed by atoms with Gasteiger partial charge in [-0.2, -0.15) is 0 Å². The number of likely N-dealkylation sites (tertiary alicyclic amines) is 1. The molecular formula is C15H13N3O3S. The van der Waals surface area contributed by atoms with Crippen LogP contribution in [0.5, 0.6) is 0 Å². The van der Waals surface area contributed by atoms with Crippen molar-refractivity contribution in [1.82, 2.24) is 9.88 Å². The second-order valence-electron chi connectivity index (χ2n) is 4.86. The number of rotatable bonds is 4. The van der Waals surface area contributed by atoms with Crippen molar-refractivity contribution in [3.05, 3.63) is 47.0 Å². The zero-order valence-corrected chi connectivity index (χ0v) is 12.4. The molecule has 2 aromatic rings. The van der Waals surface area contributed by atoms with E-state index < -0.39 is 0 Å². The van der Waals surface area contributed by atoms with Crippen LogP contribution in [0.2, 0.25) is 0 Å². The lowest BCUT2D eigenvalue weighted by Gasteiger charge is -2.13. The first-order valence-electron chi connectivity index (χ1n) is 6.76. The number of benzene rings is 1. The first-order valence-corrected chi connectivity index (χ1v) is 7.64. The predicted molar refractivity (Wildman–Crippen MR) is 81.3 cm³/mol. The van der Waals surface area contributed by atoms with Crippen LogP contribution in [0, 0.1) is 0 Å². The van der Waals surface area contributed by atoms with Crippen LogP contribution in [0.4, 0.5) is 5.13 Å². The fourth-order valence-electron chi connectivity index (χ4n) is 2.20. The van der Waals surface area contributed by atoms with E-state index >= 15 is 0 Å². The lowest BCUT2D eigenvalue weighted by Crippen LogP contribution is -2.28. The zero-order valence-electron chi connectivity index (χ0n) is 11.6. The third-order valence-electron chi connectivity index (χ3n) is 3.36. The minimum absolute atomic E-state index is 0.143. The maximum absolute atomic E-state index is 12.0. The molecule has 0 radical (unpaired) electrons. The van der Waals surface area contributed by atoms with E-state index in [1.54, 1.807) is 35.8 Å². The van der Waals surface area contributed by atoms with Gasteiger partial charge in [0.05, 0.1) is 6.54 Å². The molecule has 7 heteroatoms. The van der Waals surface area contributed by atoms with Gasteiger partial charge >= 0.3 is 0 Å². The van der Waals surface area contributed by atoms with E-state index in [1.165, 1.54) is 16.2 Å². The largest absolute Gasteiger partial charge is 0.298 e. The summed E-state index contributed by atoms with van der Waals surface area (Å²) in [6.45, 7) is 0.256. The summed E-state index contributed by atoms with van der Waals surface area (Å²) < 4.78 is 0. The molecule has 1 aromatic heterocycles. The Morgan fingerprint density at radius 3 is 2.45 bits per heavy atom. The summed E-state index contributed by atoms with van der Waals surface area (Å²) in [5, 5.41) is 5.02. The van der Waals surface area contributed by atoms with E-state index in [9.17, 15) is 14.4 Å². The first kappa shape index (κ1) is 14.4. The highest BCUT2D eigenvalue weighted by Gasteiger charge is 2.28. The van der Waals surface area contributed by atoms with Crippen LogP contribution in [-0.2, 0) is 16.1 Å². The normalized spacial score (nSPS) is 14.5. The number of nitrogens with zero attached hydrogens (tertiary/aromatic N) is 2. The van der Waals surface area contributed by atoms with E-state index in [0.717, 1.165) is 5.56 Å². The van der Waals surface area contributed by atoms with Gasteiger partial charge in [-0.25, -0.2) is 4.98 Å². The van der Waals surface area contributed by atoms with E-state index in [4.69, 9.17) is 0 Å². The van der Waals surface area contributed by atoms with Crippen LogP contribution in [0.3, 0.4) is 0 Å². The molecule has 3 amide bonds. The maximum atomic E-state index is 12.0. The van der Waals surface area contributed by atoms with Gasteiger partial charge in [0.1, 0.15) is 0 Å². The van der Waals surface area contributed by atoms with Crippen LogP contribution in [-0.4, -0.2) is 27.6 Å². The lowest BCUT2D eigenvalue weighted by molar-refractivity contribution is -0.139. The van der Waals surface area contributed by atoms with Crippen molar-refractivity contribution >= 4 is 34.2 Å². The number of thiazole rings is 1. The van der Waals surface area contributed by atoms with Gasteiger partial charge in [0.2, 0.25) is 11.8 Å². The highest BCUT2D eigenvalue weighted by molar-refractivity contribution is 7.13. The quantitative estimate of drug-likeness (QED) is 0.876. The Morgan fingerprint density at radius 1 is 1.18 bits per heavy atom. The van der Waals surface area contributed by atoms with Gasteiger partial charge in [-0.1, -0.05) is 12.1 Å². The Balaban J connectivity index is 1.66. The van der Waals surface area contributed by atoms with Gasteiger partial charge in [-0.3, -0.25) is 24.6 Å². The van der Waals surface area contributed by atoms with Crippen molar-refractivity contribution in [3.63, 3.8) is 0 Å².